The van der Waals surface area contributed by atoms with Crippen molar-refractivity contribution in [3.63, 3.8) is 0 Å². The van der Waals surface area contributed by atoms with Crippen LogP contribution in [0.15, 0.2) is 48.8 Å². The fraction of sp³-hybridized carbons (Fsp3) is 0.333. The molecule has 2 heterocycles. The van der Waals surface area contributed by atoms with Gasteiger partial charge < -0.3 is 14.7 Å². The van der Waals surface area contributed by atoms with E-state index in [-0.39, 0.29) is 6.61 Å². The molecular weight excluding hydrogens is 390 g/mol. The molecule has 0 atom stereocenters. The number of aliphatic hydroxyl groups excluding tert-OH is 1. The van der Waals surface area contributed by atoms with E-state index in [1.54, 1.807) is 18.5 Å². The summed E-state index contributed by atoms with van der Waals surface area (Å²) in [5.74, 6) is 2.45. The van der Waals surface area contributed by atoms with Crippen LogP contribution in [0.5, 0.6) is 5.75 Å². The fourth-order valence-electron chi connectivity index (χ4n) is 3.00. The van der Waals surface area contributed by atoms with Gasteiger partial charge in [-0.1, -0.05) is 19.9 Å². The highest BCUT2D eigenvalue weighted by molar-refractivity contribution is 5.64. The Labute approximate surface area is 183 Å². The van der Waals surface area contributed by atoms with Crippen LogP contribution in [0, 0.1) is 17.2 Å². The normalized spacial score (nSPS) is 10.7. The number of hydrogen-bond acceptors (Lipinski definition) is 7. The van der Waals surface area contributed by atoms with Crippen molar-refractivity contribution in [2.75, 3.05) is 31.7 Å². The zero-order chi connectivity index (χ0) is 22.2. The predicted molar refractivity (Wildman–Crippen MR) is 120 cm³/mol. The third-order valence-corrected chi connectivity index (χ3v) is 4.67. The van der Waals surface area contributed by atoms with Gasteiger partial charge in [0.1, 0.15) is 23.5 Å². The van der Waals surface area contributed by atoms with Gasteiger partial charge in [0.15, 0.2) is 0 Å². The smallest absolute Gasteiger partial charge is 0.137 e. The Kier molecular flexibility index (Phi) is 7.52. The molecule has 0 aliphatic carbocycles. The summed E-state index contributed by atoms with van der Waals surface area (Å²) < 4.78 is 5.75. The lowest BCUT2D eigenvalue weighted by atomic mass is 10.1. The molecule has 0 saturated heterocycles. The van der Waals surface area contributed by atoms with E-state index in [2.05, 4.69) is 34.9 Å². The summed E-state index contributed by atoms with van der Waals surface area (Å²) >= 11 is 0. The number of likely N-dealkylation sites (N-methyl/N-ethyl adjacent to an activating group) is 1. The van der Waals surface area contributed by atoms with Crippen LogP contribution in [-0.2, 0) is 6.42 Å². The summed E-state index contributed by atoms with van der Waals surface area (Å²) in [6.45, 7) is 5.31. The Bertz CT molecular complexity index is 1040. The minimum Gasteiger partial charge on any atom is -0.492 e. The molecule has 0 aliphatic rings. The first-order chi connectivity index (χ1) is 15.0. The Balaban J connectivity index is 1.76. The number of aliphatic hydroxyl groups is 1. The highest BCUT2D eigenvalue weighted by atomic mass is 16.5. The van der Waals surface area contributed by atoms with Gasteiger partial charge in [-0.3, -0.25) is 0 Å². The van der Waals surface area contributed by atoms with Crippen molar-refractivity contribution in [3.05, 3.63) is 65.7 Å². The van der Waals surface area contributed by atoms with Crippen LogP contribution in [0.2, 0.25) is 0 Å². The number of aromatic nitrogens is 3. The lowest BCUT2D eigenvalue weighted by Crippen LogP contribution is -2.22. The van der Waals surface area contributed by atoms with Crippen molar-refractivity contribution in [1.29, 1.82) is 5.26 Å². The predicted octanol–water partition coefficient (Wildman–Crippen LogP) is 3.46. The van der Waals surface area contributed by atoms with Crippen LogP contribution in [-0.4, -0.2) is 46.9 Å². The van der Waals surface area contributed by atoms with Gasteiger partial charge in [-0.2, -0.15) is 5.26 Å². The molecule has 31 heavy (non-hydrogen) atoms. The first-order valence-electron chi connectivity index (χ1n) is 10.3. The Hall–Kier alpha value is -3.50. The molecule has 0 bridgehead atoms. The van der Waals surface area contributed by atoms with E-state index in [1.165, 1.54) is 0 Å². The topological polar surface area (TPSA) is 95.2 Å². The summed E-state index contributed by atoms with van der Waals surface area (Å²) in [5, 5.41) is 18.6. The first kappa shape index (κ1) is 22.2. The number of ether oxygens (including phenoxy) is 1. The average molecular weight is 418 g/mol. The SMILES string of the molecule is CC(C)COc1ccc(-c2ccnc(Cc3ccc(N(C)CCO)nc3)n2)cc1C#N. The number of anilines is 1. The Morgan fingerprint density at radius 1 is 1.16 bits per heavy atom. The second-order valence-corrected chi connectivity index (χ2v) is 7.73. The molecule has 0 radical (unpaired) electrons. The van der Waals surface area contributed by atoms with Crippen molar-refractivity contribution in [2.24, 2.45) is 5.92 Å². The monoisotopic (exact) mass is 417 g/mol. The van der Waals surface area contributed by atoms with E-state index in [4.69, 9.17) is 9.84 Å². The molecule has 1 aromatic carbocycles. The van der Waals surface area contributed by atoms with Gasteiger partial charge in [0.25, 0.3) is 0 Å². The van der Waals surface area contributed by atoms with Gasteiger partial charge in [0.2, 0.25) is 0 Å². The second-order valence-electron chi connectivity index (χ2n) is 7.73. The molecule has 3 rings (SSSR count). The number of benzene rings is 1. The van der Waals surface area contributed by atoms with Crippen molar-refractivity contribution in [1.82, 2.24) is 15.0 Å². The van der Waals surface area contributed by atoms with Crippen LogP contribution >= 0.6 is 0 Å². The van der Waals surface area contributed by atoms with Gasteiger partial charge in [0.05, 0.1) is 24.5 Å². The van der Waals surface area contributed by atoms with Crippen molar-refractivity contribution < 1.29 is 9.84 Å². The zero-order valence-corrected chi connectivity index (χ0v) is 18.1. The first-order valence-corrected chi connectivity index (χ1v) is 10.3. The van der Waals surface area contributed by atoms with Crippen LogP contribution in [0.4, 0.5) is 5.82 Å². The lowest BCUT2D eigenvalue weighted by molar-refractivity contribution is 0.270. The number of rotatable bonds is 9. The van der Waals surface area contributed by atoms with Gasteiger partial charge in [-0.25, -0.2) is 15.0 Å². The summed E-state index contributed by atoms with van der Waals surface area (Å²) in [5.41, 5.74) is 3.08. The molecule has 0 saturated carbocycles. The number of hydrogen-bond donors (Lipinski definition) is 1. The molecule has 3 aromatic rings. The quantitative estimate of drug-likeness (QED) is 0.569. The van der Waals surface area contributed by atoms with Crippen LogP contribution in [0.1, 0.15) is 30.8 Å². The Morgan fingerprint density at radius 2 is 2.00 bits per heavy atom. The van der Waals surface area contributed by atoms with Crippen molar-refractivity contribution in [3.8, 4) is 23.1 Å². The lowest BCUT2D eigenvalue weighted by Gasteiger charge is -2.16. The molecule has 0 unspecified atom stereocenters. The molecular formula is C24H27N5O2. The maximum Gasteiger partial charge on any atom is 0.137 e. The number of nitrogens with zero attached hydrogens (tertiary/aromatic N) is 5. The maximum absolute atomic E-state index is 9.51. The molecule has 160 valence electrons. The summed E-state index contributed by atoms with van der Waals surface area (Å²) in [6.07, 6.45) is 4.07. The van der Waals surface area contributed by atoms with E-state index in [9.17, 15) is 5.26 Å². The molecule has 2 aromatic heterocycles. The third kappa shape index (κ3) is 6.00. The fourth-order valence-corrected chi connectivity index (χ4v) is 3.00. The van der Waals surface area contributed by atoms with E-state index in [0.717, 1.165) is 22.6 Å². The molecule has 1 N–H and O–H groups in total. The number of nitriles is 1. The standard InChI is InChI=1S/C24H27N5O2/c1-17(2)16-31-22-6-5-19(13-20(22)14-25)21-8-9-26-23(28-21)12-18-4-7-24(27-15-18)29(3)10-11-30/h4-9,13,15,17,30H,10-12,16H2,1-3H3. The maximum atomic E-state index is 9.51. The average Bonchev–Trinajstić information content (AvgIpc) is 2.78. The van der Waals surface area contributed by atoms with E-state index >= 15 is 0 Å². The third-order valence-electron chi connectivity index (χ3n) is 4.67. The van der Waals surface area contributed by atoms with Gasteiger partial charge >= 0.3 is 0 Å². The van der Waals surface area contributed by atoms with Crippen LogP contribution in [0.3, 0.4) is 0 Å². The molecule has 0 aliphatic heterocycles. The van der Waals surface area contributed by atoms with E-state index < -0.39 is 0 Å². The molecule has 7 heteroatoms. The van der Waals surface area contributed by atoms with Gasteiger partial charge in [0, 0.05) is 38.0 Å². The molecule has 7 nitrogen and oxygen atoms in total. The van der Waals surface area contributed by atoms with Crippen molar-refractivity contribution in [2.45, 2.75) is 20.3 Å². The summed E-state index contributed by atoms with van der Waals surface area (Å²) in [7, 11) is 1.89. The highest BCUT2D eigenvalue weighted by Crippen LogP contribution is 2.26. The number of pyridine rings is 1. The van der Waals surface area contributed by atoms with Gasteiger partial charge in [-0.05, 0) is 41.8 Å². The van der Waals surface area contributed by atoms with Gasteiger partial charge in [-0.15, -0.1) is 0 Å². The minimum atomic E-state index is 0.0823. The Morgan fingerprint density at radius 3 is 2.68 bits per heavy atom. The second kappa shape index (κ2) is 10.5. The molecule has 0 spiro atoms. The highest BCUT2D eigenvalue weighted by Gasteiger charge is 2.10. The van der Waals surface area contributed by atoms with E-state index in [1.807, 2.05) is 42.3 Å². The largest absolute Gasteiger partial charge is 0.492 e. The molecule has 0 amide bonds. The van der Waals surface area contributed by atoms with Crippen LogP contribution in [0.25, 0.3) is 11.3 Å². The van der Waals surface area contributed by atoms with Crippen molar-refractivity contribution >= 4 is 5.82 Å². The van der Waals surface area contributed by atoms with Crippen LogP contribution < -0.4 is 9.64 Å². The minimum absolute atomic E-state index is 0.0823. The zero-order valence-electron chi connectivity index (χ0n) is 18.1. The van der Waals surface area contributed by atoms with E-state index in [0.29, 0.717) is 42.6 Å². The molecule has 0 fully saturated rings. The summed E-state index contributed by atoms with van der Waals surface area (Å²) in [6, 6.07) is 13.5. The summed E-state index contributed by atoms with van der Waals surface area (Å²) in [4.78, 5) is 15.4.